The second-order valence-electron chi connectivity index (χ2n) is 6.63. The molecule has 27 heavy (non-hydrogen) atoms. The number of hydrogen-bond donors (Lipinski definition) is 3. The van der Waals surface area contributed by atoms with Crippen molar-refractivity contribution in [3.05, 3.63) is 63.4 Å². The lowest BCUT2D eigenvalue weighted by molar-refractivity contribution is -0.138. The maximum atomic E-state index is 15.6. The fraction of sp³-hybridized carbons (Fsp3) is 0.368. The SMILES string of the molecule is O=C(NCCc1ccc(Cl)cc1Cl)C1(F)CCC(O)(CO)c2ncccc21. The van der Waals surface area contributed by atoms with E-state index in [1.54, 1.807) is 18.2 Å². The van der Waals surface area contributed by atoms with E-state index in [9.17, 15) is 15.0 Å². The van der Waals surface area contributed by atoms with Gasteiger partial charge in [0.2, 0.25) is 5.67 Å². The summed E-state index contributed by atoms with van der Waals surface area (Å²) in [5, 5.41) is 23.6. The van der Waals surface area contributed by atoms with Gasteiger partial charge in [0.05, 0.1) is 12.3 Å². The van der Waals surface area contributed by atoms with Crippen LogP contribution in [0.2, 0.25) is 10.0 Å². The largest absolute Gasteiger partial charge is 0.393 e. The van der Waals surface area contributed by atoms with E-state index in [4.69, 9.17) is 23.2 Å². The number of halogens is 3. The van der Waals surface area contributed by atoms with E-state index in [-0.39, 0.29) is 30.6 Å². The average molecular weight is 413 g/mol. The highest BCUT2D eigenvalue weighted by molar-refractivity contribution is 6.35. The molecule has 3 N–H and O–H groups in total. The van der Waals surface area contributed by atoms with Gasteiger partial charge in [0.1, 0.15) is 5.60 Å². The first kappa shape index (κ1) is 20.0. The molecule has 2 atom stereocenters. The zero-order valence-electron chi connectivity index (χ0n) is 14.4. The summed E-state index contributed by atoms with van der Waals surface area (Å²) in [7, 11) is 0. The zero-order valence-corrected chi connectivity index (χ0v) is 15.9. The van der Waals surface area contributed by atoms with Gasteiger partial charge < -0.3 is 15.5 Å². The van der Waals surface area contributed by atoms with Crippen LogP contribution in [0.15, 0.2) is 36.5 Å². The summed E-state index contributed by atoms with van der Waals surface area (Å²) in [6.45, 7) is -0.407. The first-order chi connectivity index (χ1) is 12.8. The number of rotatable bonds is 5. The molecule has 5 nitrogen and oxygen atoms in total. The van der Waals surface area contributed by atoms with Crippen molar-refractivity contribution in [1.82, 2.24) is 10.3 Å². The normalized spacial score (nSPS) is 24.3. The minimum absolute atomic E-state index is 0.00264. The number of nitrogens with zero attached hydrogens (tertiary/aromatic N) is 1. The van der Waals surface area contributed by atoms with Crippen molar-refractivity contribution in [2.75, 3.05) is 13.2 Å². The molecule has 2 unspecified atom stereocenters. The van der Waals surface area contributed by atoms with Crippen LogP contribution in [0.25, 0.3) is 0 Å². The summed E-state index contributed by atoms with van der Waals surface area (Å²) < 4.78 is 15.6. The van der Waals surface area contributed by atoms with E-state index in [1.165, 1.54) is 18.3 Å². The smallest absolute Gasteiger partial charge is 0.262 e. The Balaban J connectivity index is 1.75. The lowest BCUT2D eigenvalue weighted by Gasteiger charge is -2.38. The van der Waals surface area contributed by atoms with E-state index >= 15 is 4.39 Å². The maximum absolute atomic E-state index is 15.6. The molecule has 144 valence electrons. The molecule has 2 aromatic rings. The van der Waals surface area contributed by atoms with E-state index in [0.29, 0.717) is 16.5 Å². The first-order valence-corrected chi connectivity index (χ1v) is 9.26. The molecule has 0 radical (unpaired) electrons. The van der Waals surface area contributed by atoms with E-state index in [0.717, 1.165) is 5.56 Å². The van der Waals surface area contributed by atoms with Gasteiger partial charge in [-0.05, 0) is 43.0 Å². The summed E-state index contributed by atoms with van der Waals surface area (Å²) in [5.74, 6) is -0.804. The van der Waals surface area contributed by atoms with E-state index in [2.05, 4.69) is 10.3 Å². The van der Waals surface area contributed by atoms with Gasteiger partial charge in [-0.3, -0.25) is 9.78 Å². The molecule has 8 heteroatoms. The summed E-state index contributed by atoms with van der Waals surface area (Å²) in [6.07, 6.45) is 1.45. The summed E-state index contributed by atoms with van der Waals surface area (Å²) in [4.78, 5) is 16.6. The molecule has 0 saturated carbocycles. The molecular weight excluding hydrogens is 394 g/mol. The van der Waals surface area contributed by atoms with Gasteiger partial charge in [-0.1, -0.05) is 35.3 Å². The van der Waals surface area contributed by atoms with E-state index < -0.39 is 23.8 Å². The van der Waals surface area contributed by atoms with E-state index in [1.807, 2.05) is 0 Å². The number of fused-ring (bicyclic) bond motifs is 1. The van der Waals surface area contributed by atoms with Gasteiger partial charge in [-0.15, -0.1) is 0 Å². The number of benzene rings is 1. The third-order valence-corrected chi connectivity index (χ3v) is 5.46. The minimum atomic E-state index is -2.32. The zero-order chi connectivity index (χ0) is 19.7. The fourth-order valence-corrected chi connectivity index (χ4v) is 3.80. The molecule has 3 rings (SSSR count). The topological polar surface area (TPSA) is 82.5 Å². The number of aromatic nitrogens is 1. The number of pyridine rings is 1. The molecule has 0 aliphatic heterocycles. The molecule has 1 aromatic carbocycles. The predicted octanol–water partition coefficient (Wildman–Crippen LogP) is 2.89. The van der Waals surface area contributed by atoms with Gasteiger partial charge in [0.15, 0.2) is 0 Å². The lowest BCUT2D eigenvalue weighted by atomic mass is 9.74. The van der Waals surface area contributed by atoms with Crippen LogP contribution in [0.3, 0.4) is 0 Å². The van der Waals surface area contributed by atoms with Crippen LogP contribution in [0.5, 0.6) is 0 Å². The third-order valence-electron chi connectivity index (χ3n) is 4.87. The Kier molecular flexibility index (Phi) is 5.72. The molecular formula is C19H19Cl2FN2O3. The Labute approximate surface area is 166 Å². The number of carbonyl (C=O) groups excluding carboxylic acids is 1. The second-order valence-corrected chi connectivity index (χ2v) is 7.48. The number of aliphatic hydroxyl groups is 2. The highest BCUT2D eigenvalue weighted by Crippen LogP contribution is 2.45. The van der Waals surface area contributed by atoms with Gasteiger partial charge in [0.25, 0.3) is 5.91 Å². The maximum Gasteiger partial charge on any atom is 0.262 e. The van der Waals surface area contributed by atoms with Gasteiger partial charge in [0, 0.05) is 28.4 Å². The molecule has 1 amide bonds. The molecule has 1 aliphatic carbocycles. The van der Waals surface area contributed by atoms with Crippen molar-refractivity contribution in [3.63, 3.8) is 0 Å². The van der Waals surface area contributed by atoms with Crippen LogP contribution >= 0.6 is 23.2 Å². The summed E-state index contributed by atoms with van der Waals surface area (Å²) in [6, 6.07) is 7.97. The average Bonchev–Trinajstić information content (AvgIpc) is 2.67. The number of alkyl halides is 1. The molecule has 1 aliphatic rings. The minimum Gasteiger partial charge on any atom is -0.393 e. The molecule has 1 aromatic heterocycles. The summed E-state index contributed by atoms with van der Waals surface area (Å²) in [5.41, 5.74) is -3.21. The molecule has 1 heterocycles. The van der Waals surface area contributed by atoms with Gasteiger partial charge in [-0.25, -0.2) is 4.39 Å². The Morgan fingerprint density at radius 3 is 2.78 bits per heavy atom. The number of nitrogens with one attached hydrogen (secondary N) is 1. The molecule has 0 fully saturated rings. The highest BCUT2D eigenvalue weighted by Gasteiger charge is 2.51. The van der Waals surface area contributed by atoms with Crippen molar-refractivity contribution in [2.45, 2.75) is 30.5 Å². The Morgan fingerprint density at radius 2 is 2.07 bits per heavy atom. The number of hydrogen-bond acceptors (Lipinski definition) is 4. The van der Waals surface area contributed by atoms with Crippen molar-refractivity contribution in [2.24, 2.45) is 0 Å². The van der Waals surface area contributed by atoms with Crippen molar-refractivity contribution < 1.29 is 19.4 Å². The van der Waals surface area contributed by atoms with Gasteiger partial charge >= 0.3 is 0 Å². The fourth-order valence-electron chi connectivity index (χ4n) is 3.29. The highest BCUT2D eigenvalue weighted by atomic mass is 35.5. The molecule has 0 spiro atoms. The van der Waals surface area contributed by atoms with Crippen molar-refractivity contribution in [3.8, 4) is 0 Å². The van der Waals surface area contributed by atoms with Crippen LogP contribution in [0.4, 0.5) is 4.39 Å². The standard InChI is InChI=1S/C19H19Cl2FN2O3/c20-13-4-3-12(15(21)10-13)5-9-24-17(26)19(22)7-6-18(27,11-25)16-14(19)2-1-8-23-16/h1-4,8,10,25,27H,5-7,9,11H2,(H,24,26). The Bertz CT molecular complexity index is 867. The quantitative estimate of drug-likeness (QED) is 0.704. The van der Waals surface area contributed by atoms with Crippen LogP contribution in [-0.2, 0) is 22.5 Å². The molecule has 0 saturated heterocycles. The molecule has 0 bridgehead atoms. The summed E-state index contributed by atoms with van der Waals surface area (Å²) >= 11 is 12.0. The lowest BCUT2D eigenvalue weighted by Crippen LogP contribution is -2.49. The second kappa shape index (κ2) is 7.72. The first-order valence-electron chi connectivity index (χ1n) is 8.50. The van der Waals surface area contributed by atoms with Crippen LogP contribution in [0.1, 0.15) is 29.7 Å². The van der Waals surface area contributed by atoms with Crippen molar-refractivity contribution >= 4 is 29.1 Å². The monoisotopic (exact) mass is 412 g/mol. The predicted molar refractivity (Wildman–Crippen MR) is 100 cm³/mol. The Hall–Kier alpha value is -1.73. The van der Waals surface area contributed by atoms with Crippen LogP contribution in [-0.4, -0.2) is 34.3 Å². The number of aliphatic hydroxyl groups excluding tert-OH is 1. The number of carbonyl (C=O) groups is 1. The Morgan fingerprint density at radius 1 is 1.30 bits per heavy atom. The van der Waals surface area contributed by atoms with Gasteiger partial charge in [-0.2, -0.15) is 0 Å². The third kappa shape index (κ3) is 3.80. The number of amides is 1. The van der Waals surface area contributed by atoms with Crippen LogP contribution < -0.4 is 5.32 Å². The van der Waals surface area contributed by atoms with Crippen molar-refractivity contribution in [1.29, 1.82) is 0 Å². The van der Waals surface area contributed by atoms with Crippen LogP contribution in [0, 0.1) is 0 Å².